The maximum Gasteiger partial charge on any atom is 0.310 e. The Kier molecular flexibility index (Phi) is 6.21. The van der Waals surface area contributed by atoms with Crippen molar-refractivity contribution in [3.63, 3.8) is 0 Å². The minimum atomic E-state index is -0.603. The number of benzene rings is 1. The highest BCUT2D eigenvalue weighted by molar-refractivity contribution is 6.42. The fraction of sp³-hybridized carbons (Fsp3) is 0.694. The van der Waals surface area contributed by atoms with Gasteiger partial charge in [-0.05, 0) is 109 Å². The van der Waals surface area contributed by atoms with E-state index in [1.807, 2.05) is 12.1 Å². The number of halogens is 2. The van der Waals surface area contributed by atoms with Crippen LogP contribution in [0.25, 0.3) is 11.0 Å². The zero-order valence-electron chi connectivity index (χ0n) is 26.3. The first-order valence-corrected chi connectivity index (χ1v) is 17.0. The fourth-order valence-electron chi connectivity index (χ4n) is 11.9. The summed E-state index contributed by atoms with van der Waals surface area (Å²) in [4.78, 5) is 23.4. The second-order valence-electron chi connectivity index (χ2n) is 16.3. The van der Waals surface area contributed by atoms with Crippen LogP contribution in [0.3, 0.4) is 0 Å². The first-order valence-electron chi connectivity index (χ1n) is 16.2. The first-order chi connectivity index (χ1) is 19.6. The molecule has 0 aliphatic heterocycles. The van der Waals surface area contributed by atoms with E-state index in [0.29, 0.717) is 33.7 Å². The summed E-state index contributed by atoms with van der Waals surface area (Å²) in [6.45, 7) is 17.1. The molecule has 0 saturated heterocycles. The third kappa shape index (κ3) is 3.46. The lowest BCUT2D eigenvalue weighted by atomic mass is 9.33. The van der Waals surface area contributed by atoms with Gasteiger partial charge in [0.2, 0.25) is 0 Å². The van der Waals surface area contributed by atoms with Gasteiger partial charge in [0, 0.05) is 5.41 Å². The summed E-state index contributed by atoms with van der Waals surface area (Å²) in [5.41, 5.74) is 4.78. The van der Waals surface area contributed by atoms with E-state index in [1.165, 1.54) is 12.0 Å². The molecule has 1 aromatic carbocycles. The predicted octanol–water partition coefficient (Wildman–Crippen LogP) is 9.69. The molecule has 7 rings (SSSR count). The molecule has 1 N–H and O–H groups in total. The highest BCUT2D eigenvalue weighted by Crippen LogP contribution is 2.75. The number of hydrogen-bond acceptors (Lipinski definition) is 3. The summed E-state index contributed by atoms with van der Waals surface area (Å²) < 4.78 is 0. The SMILES string of the molecule is C[C@@H]1CC[C@]2(C(=O)O)CC[C@]3(C)C(=CCC4[C@@]5(C)Cc6nc7cc(Cl)c(Cl)cc7nc6C(C)(C)C5CC[C@]43C)C2[C@H]1C. The average Bonchev–Trinajstić information content (AvgIpc) is 2.91. The number of rotatable bonds is 1. The molecule has 3 saturated carbocycles. The van der Waals surface area contributed by atoms with Crippen molar-refractivity contribution in [1.29, 1.82) is 0 Å². The molecule has 226 valence electrons. The van der Waals surface area contributed by atoms with Crippen LogP contribution in [0.1, 0.15) is 105 Å². The third-order valence-corrected chi connectivity index (χ3v) is 15.2. The van der Waals surface area contributed by atoms with Crippen molar-refractivity contribution in [2.45, 2.75) is 105 Å². The van der Waals surface area contributed by atoms with E-state index in [-0.39, 0.29) is 27.6 Å². The molecular weight excluding hydrogens is 563 g/mol. The maximum absolute atomic E-state index is 13.0. The van der Waals surface area contributed by atoms with E-state index in [2.05, 4.69) is 54.5 Å². The minimum Gasteiger partial charge on any atom is -0.481 e. The van der Waals surface area contributed by atoms with E-state index in [4.69, 9.17) is 33.2 Å². The smallest absolute Gasteiger partial charge is 0.310 e. The highest BCUT2D eigenvalue weighted by atomic mass is 35.5. The van der Waals surface area contributed by atoms with Crippen LogP contribution in [0.2, 0.25) is 10.0 Å². The lowest BCUT2D eigenvalue weighted by Gasteiger charge is -2.70. The van der Waals surface area contributed by atoms with Crippen LogP contribution in [-0.4, -0.2) is 21.0 Å². The summed E-state index contributed by atoms with van der Waals surface area (Å²) in [6, 6.07) is 3.72. The third-order valence-electron chi connectivity index (χ3n) is 14.5. The molecule has 3 fully saturated rings. The van der Waals surface area contributed by atoms with Crippen LogP contribution < -0.4 is 0 Å². The lowest BCUT2D eigenvalue weighted by molar-refractivity contribution is -0.179. The van der Waals surface area contributed by atoms with Gasteiger partial charge < -0.3 is 5.11 Å². The van der Waals surface area contributed by atoms with Gasteiger partial charge in [-0.3, -0.25) is 4.79 Å². The van der Waals surface area contributed by atoms with E-state index in [9.17, 15) is 9.90 Å². The number of carboxylic acid groups (broad SMARTS) is 1. The molecular formula is C36H46Cl2N2O2. The van der Waals surface area contributed by atoms with Gasteiger partial charge in [0.25, 0.3) is 0 Å². The topological polar surface area (TPSA) is 63.1 Å². The second-order valence-corrected chi connectivity index (χ2v) is 17.1. The van der Waals surface area contributed by atoms with Gasteiger partial charge in [0.15, 0.2) is 0 Å². The van der Waals surface area contributed by atoms with Crippen LogP contribution in [0.5, 0.6) is 0 Å². The molecule has 0 amide bonds. The summed E-state index contributed by atoms with van der Waals surface area (Å²) >= 11 is 12.8. The molecule has 2 aromatic rings. The van der Waals surface area contributed by atoms with Crippen LogP contribution >= 0.6 is 23.2 Å². The van der Waals surface area contributed by atoms with E-state index in [1.54, 1.807) is 0 Å². The van der Waals surface area contributed by atoms with Crippen molar-refractivity contribution in [3.05, 3.63) is 45.2 Å². The largest absolute Gasteiger partial charge is 0.481 e. The molecule has 1 heterocycles. The molecule has 5 aliphatic carbocycles. The molecule has 42 heavy (non-hydrogen) atoms. The summed E-state index contributed by atoms with van der Waals surface area (Å²) in [5.74, 6) is 1.49. The monoisotopic (exact) mass is 608 g/mol. The summed E-state index contributed by atoms with van der Waals surface area (Å²) in [7, 11) is 0. The summed E-state index contributed by atoms with van der Waals surface area (Å²) in [5, 5.41) is 11.7. The van der Waals surface area contributed by atoms with Gasteiger partial charge >= 0.3 is 5.97 Å². The Hall–Kier alpha value is -1.65. The lowest BCUT2D eigenvalue weighted by Crippen LogP contribution is -2.65. The second kappa shape index (κ2) is 8.96. The van der Waals surface area contributed by atoms with Crippen molar-refractivity contribution < 1.29 is 9.90 Å². The Morgan fingerprint density at radius 2 is 1.57 bits per heavy atom. The van der Waals surface area contributed by atoms with E-state index >= 15 is 0 Å². The number of allylic oxidation sites excluding steroid dienone is 2. The molecule has 0 bridgehead atoms. The van der Waals surface area contributed by atoms with Gasteiger partial charge in [-0.15, -0.1) is 0 Å². The Morgan fingerprint density at radius 1 is 0.905 bits per heavy atom. The number of aromatic nitrogens is 2. The Balaban J connectivity index is 1.36. The number of aliphatic carboxylic acids is 1. The number of nitrogens with zero attached hydrogens (tertiary/aromatic N) is 2. The van der Waals surface area contributed by atoms with Gasteiger partial charge in [-0.2, -0.15) is 0 Å². The molecule has 6 heteroatoms. The maximum atomic E-state index is 13.0. The first kappa shape index (κ1) is 29.1. The van der Waals surface area contributed by atoms with Gasteiger partial charge in [0.05, 0.1) is 37.9 Å². The van der Waals surface area contributed by atoms with Crippen molar-refractivity contribution in [3.8, 4) is 0 Å². The molecule has 4 nitrogen and oxygen atoms in total. The minimum absolute atomic E-state index is 0.00257. The van der Waals surface area contributed by atoms with Gasteiger partial charge in [0.1, 0.15) is 0 Å². The van der Waals surface area contributed by atoms with Crippen molar-refractivity contribution in [2.24, 2.45) is 51.2 Å². The average molecular weight is 610 g/mol. The normalized spacial score (nSPS) is 43.7. The molecule has 1 aromatic heterocycles. The zero-order chi connectivity index (χ0) is 30.2. The molecule has 0 radical (unpaired) electrons. The van der Waals surface area contributed by atoms with Crippen LogP contribution in [0.15, 0.2) is 23.8 Å². The number of carboxylic acids is 1. The predicted molar refractivity (Wildman–Crippen MR) is 170 cm³/mol. The Bertz CT molecular complexity index is 1550. The van der Waals surface area contributed by atoms with Crippen molar-refractivity contribution in [2.75, 3.05) is 0 Å². The van der Waals surface area contributed by atoms with E-state index in [0.717, 1.165) is 67.4 Å². The number of hydrogen-bond donors (Lipinski definition) is 1. The standard InChI is InChI=1S/C36H46Cl2N2O2/c1-19-10-13-36(31(41)42)15-14-34(6)21(29(36)20(19)2)8-9-28-33(5)18-26-30(32(3,4)27(33)11-12-35(28,34)7)40-25-17-23(38)22(37)16-24(25)39-26/h8,16-17,19-20,27-29H,9-15,18H2,1-7H3,(H,41,42)/t19-,20+,27?,28?,29?,33+,34-,35-,36+/m1/s1. The number of carbonyl (C=O) groups is 1. The number of fused-ring (bicyclic) bond motifs is 9. The highest BCUT2D eigenvalue weighted by Gasteiger charge is 2.69. The van der Waals surface area contributed by atoms with Crippen LogP contribution in [0, 0.1) is 51.2 Å². The Labute approximate surface area is 261 Å². The molecule has 3 unspecified atom stereocenters. The Morgan fingerprint density at radius 3 is 2.24 bits per heavy atom. The van der Waals surface area contributed by atoms with Crippen LogP contribution in [0.4, 0.5) is 0 Å². The molecule has 0 spiro atoms. The van der Waals surface area contributed by atoms with Gasteiger partial charge in [-0.25, -0.2) is 9.97 Å². The molecule has 5 aliphatic rings. The van der Waals surface area contributed by atoms with Gasteiger partial charge in [-0.1, -0.05) is 83.3 Å². The van der Waals surface area contributed by atoms with Crippen molar-refractivity contribution in [1.82, 2.24) is 9.97 Å². The van der Waals surface area contributed by atoms with Crippen molar-refractivity contribution >= 4 is 40.2 Å². The summed E-state index contributed by atoms with van der Waals surface area (Å²) in [6.07, 6.45) is 10.4. The molecule has 9 atom stereocenters. The quantitative estimate of drug-likeness (QED) is 0.327. The zero-order valence-corrected chi connectivity index (χ0v) is 27.8. The fourth-order valence-corrected chi connectivity index (χ4v) is 12.2. The van der Waals surface area contributed by atoms with E-state index < -0.39 is 11.4 Å². The van der Waals surface area contributed by atoms with Crippen LogP contribution in [-0.2, 0) is 16.6 Å².